The number of Topliss-reactive ketones (excluding diaryl/α,β-unsaturated/α-hetero) is 1. The van der Waals surface area contributed by atoms with Crippen LogP contribution >= 0.6 is 11.3 Å². The molecule has 2 aromatic rings. The molecule has 1 saturated heterocycles. The number of carbonyl (C=O) groups excluding carboxylic acids is 2. The van der Waals surface area contributed by atoms with Gasteiger partial charge in [0.15, 0.2) is 5.78 Å². The minimum Gasteiger partial charge on any atom is -0.322 e. The summed E-state index contributed by atoms with van der Waals surface area (Å²) in [5.41, 5.74) is 0.566. The van der Waals surface area contributed by atoms with Crippen molar-refractivity contribution < 1.29 is 14.0 Å². The highest BCUT2D eigenvalue weighted by Crippen LogP contribution is 2.13. The van der Waals surface area contributed by atoms with Crippen molar-refractivity contribution in [1.82, 2.24) is 9.80 Å². The van der Waals surface area contributed by atoms with E-state index in [0.717, 1.165) is 4.88 Å². The smallest absolute Gasteiger partial charge is 0.321 e. The van der Waals surface area contributed by atoms with Gasteiger partial charge in [0, 0.05) is 31.9 Å². The van der Waals surface area contributed by atoms with E-state index in [0.29, 0.717) is 38.4 Å². The average molecular weight is 347 g/mol. The van der Waals surface area contributed by atoms with Gasteiger partial charge in [-0.1, -0.05) is 6.07 Å². The second kappa shape index (κ2) is 7.55. The summed E-state index contributed by atoms with van der Waals surface area (Å²) >= 11 is 1.45. The topological polar surface area (TPSA) is 52.7 Å². The lowest BCUT2D eigenvalue weighted by atomic mass is 10.2. The zero-order chi connectivity index (χ0) is 16.9. The fraction of sp³-hybridized carbons (Fsp3) is 0.294. The van der Waals surface area contributed by atoms with Crippen LogP contribution in [0.15, 0.2) is 41.8 Å². The molecule has 1 aliphatic heterocycles. The van der Waals surface area contributed by atoms with E-state index in [1.807, 2.05) is 17.5 Å². The molecular weight excluding hydrogens is 329 g/mol. The number of rotatable bonds is 4. The molecule has 0 aliphatic carbocycles. The van der Waals surface area contributed by atoms with Crippen LogP contribution in [0.1, 0.15) is 9.67 Å². The van der Waals surface area contributed by atoms with Crippen LogP contribution in [0, 0.1) is 5.82 Å². The third-order valence-electron chi connectivity index (χ3n) is 3.92. The van der Waals surface area contributed by atoms with E-state index in [-0.39, 0.29) is 17.6 Å². The quantitative estimate of drug-likeness (QED) is 0.865. The summed E-state index contributed by atoms with van der Waals surface area (Å²) in [6.07, 6.45) is 0. The lowest BCUT2D eigenvalue weighted by molar-refractivity contribution is 0.0887. The minimum absolute atomic E-state index is 0.120. The molecule has 0 saturated carbocycles. The standard InChI is InChI=1S/C17H18FN3O2S/c18-13-3-5-14(6-4-13)19-17(23)21-9-7-20(8-10-21)12-15(22)16-2-1-11-24-16/h1-6,11H,7-10,12H2,(H,19,23). The zero-order valence-electron chi connectivity index (χ0n) is 13.1. The van der Waals surface area contributed by atoms with Crippen molar-refractivity contribution in [2.75, 3.05) is 38.0 Å². The van der Waals surface area contributed by atoms with Crippen molar-refractivity contribution in [3.05, 3.63) is 52.5 Å². The maximum atomic E-state index is 12.9. The number of anilines is 1. The van der Waals surface area contributed by atoms with Crippen LogP contribution in [0.4, 0.5) is 14.9 Å². The van der Waals surface area contributed by atoms with E-state index >= 15 is 0 Å². The number of thiophene rings is 1. The molecule has 5 nitrogen and oxygen atoms in total. The van der Waals surface area contributed by atoms with Gasteiger partial charge in [0.2, 0.25) is 0 Å². The number of hydrogen-bond acceptors (Lipinski definition) is 4. The first kappa shape index (κ1) is 16.6. The molecule has 0 radical (unpaired) electrons. The molecule has 2 heterocycles. The highest BCUT2D eigenvalue weighted by Gasteiger charge is 2.23. The molecule has 1 aromatic carbocycles. The summed E-state index contributed by atoms with van der Waals surface area (Å²) in [6.45, 7) is 2.82. The van der Waals surface area contributed by atoms with E-state index in [4.69, 9.17) is 0 Å². The van der Waals surface area contributed by atoms with Gasteiger partial charge in [0.25, 0.3) is 0 Å². The summed E-state index contributed by atoms with van der Waals surface area (Å²) in [4.78, 5) is 28.8. The fourth-order valence-corrected chi connectivity index (χ4v) is 3.22. The SMILES string of the molecule is O=C(CN1CCN(C(=O)Nc2ccc(F)cc2)CC1)c1cccs1. The van der Waals surface area contributed by atoms with E-state index in [9.17, 15) is 14.0 Å². The molecule has 1 fully saturated rings. The molecule has 0 spiro atoms. The minimum atomic E-state index is -0.336. The molecule has 3 rings (SSSR count). The Balaban J connectivity index is 1.47. The van der Waals surface area contributed by atoms with Gasteiger partial charge in [-0.05, 0) is 35.7 Å². The summed E-state index contributed by atoms with van der Waals surface area (Å²) in [6, 6.07) is 9.18. The number of piperazine rings is 1. The molecule has 126 valence electrons. The van der Waals surface area contributed by atoms with Gasteiger partial charge in [-0.15, -0.1) is 11.3 Å². The number of nitrogens with one attached hydrogen (secondary N) is 1. The third-order valence-corrected chi connectivity index (χ3v) is 4.83. The predicted molar refractivity (Wildman–Crippen MR) is 92.1 cm³/mol. The maximum absolute atomic E-state index is 12.9. The molecule has 24 heavy (non-hydrogen) atoms. The number of amides is 2. The highest BCUT2D eigenvalue weighted by molar-refractivity contribution is 7.12. The van der Waals surface area contributed by atoms with Crippen LogP contribution in [0.3, 0.4) is 0 Å². The average Bonchev–Trinajstić information content (AvgIpc) is 3.12. The van der Waals surface area contributed by atoms with Gasteiger partial charge in [0.05, 0.1) is 11.4 Å². The number of urea groups is 1. The monoisotopic (exact) mass is 347 g/mol. The number of benzene rings is 1. The summed E-state index contributed by atoms with van der Waals surface area (Å²) in [5.74, 6) is -0.216. The van der Waals surface area contributed by atoms with Gasteiger partial charge in [-0.2, -0.15) is 0 Å². The van der Waals surface area contributed by atoms with Crippen molar-refractivity contribution in [2.24, 2.45) is 0 Å². The lowest BCUT2D eigenvalue weighted by Gasteiger charge is -2.34. The first-order chi connectivity index (χ1) is 11.6. The van der Waals surface area contributed by atoms with E-state index in [1.54, 1.807) is 4.90 Å². The summed E-state index contributed by atoms with van der Waals surface area (Å²) in [5, 5.41) is 4.65. The van der Waals surface area contributed by atoms with Gasteiger partial charge in [-0.3, -0.25) is 9.69 Å². The van der Waals surface area contributed by atoms with Crippen LogP contribution in [0.5, 0.6) is 0 Å². The Bertz CT molecular complexity index is 695. The number of hydrogen-bond donors (Lipinski definition) is 1. The second-order valence-electron chi connectivity index (χ2n) is 5.60. The molecule has 1 aliphatic rings. The number of carbonyl (C=O) groups is 2. The molecule has 0 bridgehead atoms. The fourth-order valence-electron chi connectivity index (χ4n) is 2.56. The normalized spacial score (nSPS) is 15.3. The Hall–Kier alpha value is -2.25. The Morgan fingerprint density at radius 2 is 1.79 bits per heavy atom. The summed E-state index contributed by atoms with van der Waals surface area (Å²) in [7, 11) is 0. The maximum Gasteiger partial charge on any atom is 0.321 e. The van der Waals surface area contributed by atoms with E-state index in [1.165, 1.54) is 35.6 Å². The van der Waals surface area contributed by atoms with Crippen molar-refractivity contribution in [1.29, 1.82) is 0 Å². The lowest BCUT2D eigenvalue weighted by Crippen LogP contribution is -2.51. The van der Waals surface area contributed by atoms with E-state index in [2.05, 4.69) is 10.2 Å². The van der Waals surface area contributed by atoms with Gasteiger partial charge >= 0.3 is 6.03 Å². The first-order valence-electron chi connectivity index (χ1n) is 7.72. The molecular formula is C17H18FN3O2S. The van der Waals surface area contributed by atoms with Gasteiger partial charge in [0.1, 0.15) is 5.82 Å². The van der Waals surface area contributed by atoms with Gasteiger partial charge < -0.3 is 10.2 Å². The third kappa shape index (κ3) is 4.18. The molecule has 1 aromatic heterocycles. The van der Waals surface area contributed by atoms with Crippen LogP contribution in [-0.2, 0) is 0 Å². The molecule has 0 atom stereocenters. The predicted octanol–water partition coefficient (Wildman–Crippen LogP) is 2.92. The van der Waals surface area contributed by atoms with Crippen molar-refractivity contribution in [3.8, 4) is 0 Å². The van der Waals surface area contributed by atoms with Crippen LogP contribution < -0.4 is 5.32 Å². The largest absolute Gasteiger partial charge is 0.322 e. The molecule has 1 N–H and O–H groups in total. The van der Waals surface area contributed by atoms with Crippen LogP contribution in [0.2, 0.25) is 0 Å². The Morgan fingerprint density at radius 3 is 2.42 bits per heavy atom. The first-order valence-corrected chi connectivity index (χ1v) is 8.60. The highest BCUT2D eigenvalue weighted by atomic mass is 32.1. The van der Waals surface area contributed by atoms with Crippen LogP contribution in [-0.4, -0.2) is 54.3 Å². The molecule has 2 amide bonds. The number of halogens is 1. The van der Waals surface area contributed by atoms with Gasteiger partial charge in [-0.25, -0.2) is 9.18 Å². The number of ketones is 1. The molecule has 0 unspecified atom stereocenters. The van der Waals surface area contributed by atoms with Crippen molar-refractivity contribution >= 4 is 28.8 Å². The zero-order valence-corrected chi connectivity index (χ0v) is 13.9. The molecule has 7 heteroatoms. The Labute approximate surface area is 143 Å². The second-order valence-corrected chi connectivity index (χ2v) is 6.55. The Morgan fingerprint density at radius 1 is 1.08 bits per heavy atom. The van der Waals surface area contributed by atoms with Crippen molar-refractivity contribution in [2.45, 2.75) is 0 Å². The summed E-state index contributed by atoms with van der Waals surface area (Å²) < 4.78 is 12.9. The Kier molecular flexibility index (Phi) is 5.22. The van der Waals surface area contributed by atoms with Crippen molar-refractivity contribution in [3.63, 3.8) is 0 Å². The van der Waals surface area contributed by atoms with E-state index < -0.39 is 0 Å². The number of nitrogens with zero attached hydrogens (tertiary/aromatic N) is 2. The van der Waals surface area contributed by atoms with Crippen LogP contribution in [0.25, 0.3) is 0 Å².